The summed E-state index contributed by atoms with van der Waals surface area (Å²) in [6.45, 7) is 5.05. The molecule has 0 aromatic heterocycles. The Hall–Kier alpha value is -2.64. The van der Waals surface area contributed by atoms with Gasteiger partial charge in [-0.1, -0.05) is 47.5 Å². The number of hydrogen-bond donors (Lipinski definition) is 2. The van der Waals surface area contributed by atoms with E-state index in [0.29, 0.717) is 49.9 Å². The number of aryl methyl sites for hydroxylation is 1. The number of benzene rings is 2. The van der Waals surface area contributed by atoms with Crippen molar-refractivity contribution in [3.05, 3.63) is 70.0 Å². The first-order valence-electron chi connectivity index (χ1n) is 9.92. The number of amides is 3. The van der Waals surface area contributed by atoms with Crippen molar-refractivity contribution >= 4 is 23.5 Å². The number of nitrogens with zero attached hydrogens (tertiary/aromatic N) is 2. The zero-order chi connectivity index (χ0) is 21.5. The van der Waals surface area contributed by atoms with E-state index in [1.54, 1.807) is 17.0 Å². The molecule has 3 amide bonds. The van der Waals surface area contributed by atoms with Crippen LogP contribution < -0.4 is 10.6 Å². The van der Waals surface area contributed by atoms with Gasteiger partial charge >= 0.3 is 6.03 Å². The van der Waals surface area contributed by atoms with Crippen molar-refractivity contribution in [2.75, 3.05) is 32.7 Å². The number of halogens is 2. The number of carbonyl (C=O) groups excluding carboxylic acids is 2. The van der Waals surface area contributed by atoms with Gasteiger partial charge in [-0.3, -0.25) is 9.69 Å². The molecule has 1 saturated heterocycles. The summed E-state index contributed by atoms with van der Waals surface area (Å²) in [6.07, 6.45) is 0. The van der Waals surface area contributed by atoms with Gasteiger partial charge in [-0.25, -0.2) is 9.18 Å². The third kappa shape index (κ3) is 6.18. The third-order valence-electron chi connectivity index (χ3n) is 5.14. The van der Waals surface area contributed by atoms with Crippen LogP contribution in [0.25, 0.3) is 0 Å². The van der Waals surface area contributed by atoms with E-state index in [1.807, 2.05) is 31.2 Å². The Kier molecular flexibility index (Phi) is 7.65. The summed E-state index contributed by atoms with van der Waals surface area (Å²) in [4.78, 5) is 28.1. The molecule has 1 fully saturated rings. The quantitative estimate of drug-likeness (QED) is 0.737. The van der Waals surface area contributed by atoms with Gasteiger partial charge in [0.15, 0.2) is 0 Å². The molecule has 3 rings (SSSR count). The molecule has 0 aliphatic carbocycles. The molecule has 0 radical (unpaired) electrons. The van der Waals surface area contributed by atoms with Crippen LogP contribution in [0.15, 0.2) is 42.5 Å². The first-order chi connectivity index (χ1) is 14.4. The number of urea groups is 1. The average molecular weight is 433 g/mol. The molecule has 6 nitrogen and oxygen atoms in total. The van der Waals surface area contributed by atoms with Gasteiger partial charge < -0.3 is 15.5 Å². The van der Waals surface area contributed by atoms with Crippen LogP contribution in [0.2, 0.25) is 5.02 Å². The Labute approximate surface area is 181 Å². The van der Waals surface area contributed by atoms with Crippen molar-refractivity contribution in [2.24, 2.45) is 0 Å². The predicted molar refractivity (Wildman–Crippen MR) is 115 cm³/mol. The van der Waals surface area contributed by atoms with E-state index in [4.69, 9.17) is 11.6 Å². The Bertz CT molecular complexity index is 863. The molecule has 0 atom stereocenters. The Morgan fingerprint density at radius 3 is 2.40 bits per heavy atom. The van der Waals surface area contributed by atoms with Crippen LogP contribution in [0.1, 0.15) is 16.7 Å². The molecule has 2 aromatic carbocycles. The van der Waals surface area contributed by atoms with Crippen molar-refractivity contribution in [3.8, 4) is 0 Å². The van der Waals surface area contributed by atoms with Gasteiger partial charge in [-0.05, 0) is 24.6 Å². The van der Waals surface area contributed by atoms with E-state index in [1.165, 1.54) is 6.07 Å². The highest BCUT2D eigenvalue weighted by atomic mass is 35.5. The Morgan fingerprint density at radius 1 is 1.03 bits per heavy atom. The Morgan fingerprint density at radius 2 is 1.73 bits per heavy atom. The topological polar surface area (TPSA) is 64.7 Å². The fraction of sp³-hybridized carbons (Fsp3) is 0.364. The predicted octanol–water partition coefficient (Wildman–Crippen LogP) is 2.93. The summed E-state index contributed by atoms with van der Waals surface area (Å²) in [5.74, 6) is -0.453. The molecule has 8 heteroatoms. The van der Waals surface area contributed by atoms with Gasteiger partial charge in [0.1, 0.15) is 5.82 Å². The van der Waals surface area contributed by atoms with E-state index in [9.17, 15) is 14.0 Å². The lowest BCUT2D eigenvalue weighted by atomic mass is 10.1. The monoisotopic (exact) mass is 432 g/mol. The number of rotatable bonds is 6. The van der Waals surface area contributed by atoms with E-state index in [-0.39, 0.29) is 24.3 Å². The van der Waals surface area contributed by atoms with Crippen molar-refractivity contribution < 1.29 is 14.0 Å². The molecule has 0 bridgehead atoms. The summed E-state index contributed by atoms with van der Waals surface area (Å²) in [6, 6.07) is 12.2. The molecule has 0 unspecified atom stereocenters. The van der Waals surface area contributed by atoms with Crippen LogP contribution in [0.3, 0.4) is 0 Å². The zero-order valence-electron chi connectivity index (χ0n) is 17.0. The summed E-state index contributed by atoms with van der Waals surface area (Å²) in [5.41, 5.74) is 2.63. The number of carbonyl (C=O) groups is 2. The highest BCUT2D eigenvalue weighted by molar-refractivity contribution is 6.31. The maximum Gasteiger partial charge on any atom is 0.315 e. The fourth-order valence-electron chi connectivity index (χ4n) is 3.28. The standard InChI is InChI=1S/C22H26ClFN4O2/c1-16-5-7-17(8-6-16)13-25-22(30)26-14-21(29)28-11-9-27(10-12-28)15-18-19(23)3-2-4-20(18)24/h2-8H,9-15H2,1H3,(H2,25,26,30). The van der Waals surface area contributed by atoms with Crippen molar-refractivity contribution in [3.63, 3.8) is 0 Å². The van der Waals surface area contributed by atoms with Crippen LogP contribution >= 0.6 is 11.6 Å². The SMILES string of the molecule is Cc1ccc(CNC(=O)NCC(=O)N2CCN(Cc3c(F)cccc3Cl)CC2)cc1. The highest BCUT2D eigenvalue weighted by Gasteiger charge is 2.22. The van der Waals surface area contributed by atoms with Gasteiger partial charge in [-0.2, -0.15) is 0 Å². The minimum Gasteiger partial charge on any atom is -0.339 e. The van der Waals surface area contributed by atoms with Crippen LogP contribution in [0.5, 0.6) is 0 Å². The smallest absolute Gasteiger partial charge is 0.315 e. The molecule has 2 N–H and O–H groups in total. The minimum absolute atomic E-state index is 0.0567. The van der Waals surface area contributed by atoms with Crippen LogP contribution in [0, 0.1) is 12.7 Å². The Balaban J connectivity index is 1.37. The molecule has 30 heavy (non-hydrogen) atoms. The maximum atomic E-state index is 14.0. The molecule has 160 valence electrons. The van der Waals surface area contributed by atoms with Crippen molar-refractivity contribution in [1.29, 1.82) is 0 Å². The van der Waals surface area contributed by atoms with Crippen LogP contribution in [-0.2, 0) is 17.9 Å². The van der Waals surface area contributed by atoms with E-state index < -0.39 is 0 Å². The van der Waals surface area contributed by atoms with Crippen LogP contribution in [0.4, 0.5) is 9.18 Å². The number of nitrogens with one attached hydrogen (secondary N) is 2. The first kappa shape index (κ1) is 22.1. The van der Waals surface area contributed by atoms with Crippen molar-refractivity contribution in [1.82, 2.24) is 20.4 Å². The molecule has 1 aliphatic heterocycles. The second-order valence-electron chi connectivity index (χ2n) is 7.38. The molecule has 0 spiro atoms. The lowest BCUT2D eigenvalue weighted by Gasteiger charge is -2.35. The zero-order valence-corrected chi connectivity index (χ0v) is 17.7. The van der Waals surface area contributed by atoms with Crippen molar-refractivity contribution in [2.45, 2.75) is 20.0 Å². The van der Waals surface area contributed by atoms with E-state index in [2.05, 4.69) is 15.5 Å². The fourth-order valence-corrected chi connectivity index (χ4v) is 3.50. The maximum absolute atomic E-state index is 14.0. The minimum atomic E-state index is -0.378. The summed E-state index contributed by atoms with van der Waals surface area (Å²) in [5, 5.41) is 5.76. The molecule has 1 aliphatic rings. The second kappa shape index (κ2) is 10.4. The van der Waals surface area contributed by atoms with Gasteiger partial charge in [-0.15, -0.1) is 0 Å². The summed E-state index contributed by atoms with van der Waals surface area (Å²) in [7, 11) is 0. The van der Waals surface area contributed by atoms with E-state index in [0.717, 1.165) is 11.1 Å². The van der Waals surface area contributed by atoms with Gasteiger partial charge in [0, 0.05) is 49.9 Å². The van der Waals surface area contributed by atoms with Gasteiger partial charge in [0.2, 0.25) is 5.91 Å². The highest BCUT2D eigenvalue weighted by Crippen LogP contribution is 2.21. The summed E-state index contributed by atoms with van der Waals surface area (Å²) >= 11 is 6.09. The summed E-state index contributed by atoms with van der Waals surface area (Å²) < 4.78 is 14.0. The number of piperazine rings is 1. The third-order valence-corrected chi connectivity index (χ3v) is 5.50. The molecule has 0 saturated carbocycles. The first-order valence-corrected chi connectivity index (χ1v) is 10.3. The average Bonchev–Trinajstić information content (AvgIpc) is 2.75. The second-order valence-corrected chi connectivity index (χ2v) is 7.79. The molecular formula is C22H26ClFN4O2. The largest absolute Gasteiger partial charge is 0.339 e. The lowest BCUT2D eigenvalue weighted by Crippen LogP contribution is -2.51. The van der Waals surface area contributed by atoms with E-state index >= 15 is 0 Å². The lowest BCUT2D eigenvalue weighted by molar-refractivity contribution is -0.131. The number of hydrogen-bond acceptors (Lipinski definition) is 3. The normalized spacial score (nSPS) is 14.4. The molecule has 2 aromatic rings. The van der Waals surface area contributed by atoms with Crippen LogP contribution in [-0.4, -0.2) is 54.5 Å². The van der Waals surface area contributed by atoms with Gasteiger partial charge in [0.25, 0.3) is 0 Å². The molecule has 1 heterocycles. The van der Waals surface area contributed by atoms with Gasteiger partial charge in [0.05, 0.1) is 6.54 Å². The molecular weight excluding hydrogens is 407 g/mol.